The minimum Gasteiger partial charge on any atom is -0.497 e. The van der Waals surface area contributed by atoms with Crippen LogP contribution in [0.2, 0.25) is 0 Å². The second-order valence-electron chi connectivity index (χ2n) is 8.23. The lowest BCUT2D eigenvalue weighted by atomic mass is 10.1. The zero-order valence-electron chi connectivity index (χ0n) is 19.4. The lowest BCUT2D eigenvalue weighted by molar-refractivity contribution is 0.0536. The summed E-state index contributed by atoms with van der Waals surface area (Å²) in [5.74, 6) is 0.549. The van der Waals surface area contributed by atoms with Gasteiger partial charge in [-0.1, -0.05) is 18.2 Å². The Morgan fingerprint density at radius 3 is 2.14 bits per heavy atom. The Balaban J connectivity index is 1.35. The number of para-hydroxylation sites is 1. The van der Waals surface area contributed by atoms with Gasteiger partial charge >= 0.3 is 0 Å². The van der Waals surface area contributed by atoms with Crippen molar-refractivity contribution in [3.05, 3.63) is 96.4 Å². The molecule has 0 N–H and O–H groups in total. The van der Waals surface area contributed by atoms with Crippen molar-refractivity contribution < 1.29 is 14.3 Å². The Kier molecular flexibility index (Phi) is 6.26. The lowest BCUT2D eigenvalue weighted by Gasteiger charge is -2.34. The second-order valence-corrected chi connectivity index (χ2v) is 8.23. The zero-order valence-corrected chi connectivity index (χ0v) is 19.4. The molecule has 2 aromatic carbocycles. The van der Waals surface area contributed by atoms with Crippen LogP contribution in [-0.2, 0) is 0 Å². The predicted molar refractivity (Wildman–Crippen MR) is 132 cm³/mol. The molecule has 0 spiro atoms. The highest BCUT2D eigenvalue weighted by atomic mass is 16.5. The van der Waals surface area contributed by atoms with E-state index in [9.17, 15) is 9.59 Å². The van der Waals surface area contributed by atoms with Crippen LogP contribution in [0.25, 0.3) is 16.9 Å². The number of carbonyl (C=O) groups is 2. The van der Waals surface area contributed by atoms with E-state index in [-0.39, 0.29) is 11.8 Å². The first kappa shape index (κ1) is 22.3. The van der Waals surface area contributed by atoms with E-state index in [0.29, 0.717) is 48.7 Å². The summed E-state index contributed by atoms with van der Waals surface area (Å²) in [6.45, 7) is 1.82. The van der Waals surface area contributed by atoms with Gasteiger partial charge in [-0.05, 0) is 48.5 Å². The number of benzene rings is 2. The van der Waals surface area contributed by atoms with Crippen molar-refractivity contribution in [2.24, 2.45) is 0 Å². The van der Waals surface area contributed by atoms with Crippen molar-refractivity contribution >= 4 is 11.8 Å². The number of amides is 2. The Morgan fingerprint density at radius 1 is 0.829 bits per heavy atom. The quantitative estimate of drug-likeness (QED) is 0.449. The molecule has 176 valence electrons. The SMILES string of the molecule is COc1ccc(C(=O)N2CCN(C(=O)c3cn(-c4ccccc4)nc3-c3cccnc3)CC2)cc1. The lowest BCUT2D eigenvalue weighted by Crippen LogP contribution is -2.50. The van der Waals surface area contributed by atoms with Gasteiger partial charge in [0.15, 0.2) is 0 Å². The van der Waals surface area contributed by atoms with Crippen LogP contribution in [0.1, 0.15) is 20.7 Å². The summed E-state index contributed by atoms with van der Waals surface area (Å²) in [5.41, 5.74) is 3.35. The largest absolute Gasteiger partial charge is 0.497 e. The van der Waals surface area contributed by atoms with Gasteiger partial charge in [0.05, 0.1) is 18.4 Å². The van der Waals surface area contributed by atoms with Crippen molar-refractivity contribution in [2.45, 2.75) is 0 Å². The van der Waals surface area contributed by atoms with Crippen molar-refractivity contribution in [2.75, 3.05) is 33.3 Å². The fourth-order valence-corrected chi connectivity index (χ4v) is 4.16. The van der Waals surface area contributed by atoms with Crippen LogP contribution < -0.4 is 4.74 Å². The molecule has 4 aromatic rings. The van der Waals surface area contributed by atoms with Crippen LogP contribution in [0.5, 0.6) is 5.75 Å². The highest BCUT2D eigenvalue weighted by molar-refractivity contribution is 6.00. The summed E-state index contributed by atoms with van der Waals surface area (Å²) in [4.78, 5) is 34.3. The molecule has 0 saturated carbocycles. The van der Waals surface area contributed by atoms with E-state index >= 15 is 0 Å². The molecule has 0 atom stereocenters. The van der Waals surface area contributed by atoms with Gasteiger partial charge < -0.3 is 14.5 Å². The Labute approximate surface area is 203 Å². The Bertz CT molecular complexity index is 1310. The molecule has 1 fully saturated rings. The number of rotatable bonds is 5. The second kappa shape index (κ2) is 9.80. The summed E-state index contributed by atoms with van der Waals surface area (Å²) in [7, 11) is 1.59. The maximum absolute atomic E-state index is 13.6. The van der Waals surface area contributed by atoms with E-state index in [1.165, 1.54) is 0 Å². The summed E-state index contributed by atoms with van der Waals surface area (Å²) in [5, 5.41) is 4.72. The van der Waals surface area contributed by atoms with Crippen LogP contribution in [0.15, 0.2) is 85.3 Å². The van der Waals surface area contributed by atoms with E-state index in [1.807, 2.05) is 42.5 Å². The number of ether oxygens (including phenoxy) is 1. The van der Waals surface area contributed by atoms with Gasteiger partial charge in [0.25, 0.3) is 11.8 Å². The zero-order chi connectivity index (χ0) is 24.2. The smallest absolute Gasteiger partial charge is 0.257 e. The number of aromatic nitrogens is 3. The molecule has 1 saturated heterocycles. The molecule has 1 aliphatic rings. The van der Waals surface area contributed by atoms with Crippen LogP contribution in [0.3, 0.4) is 0 Å². The molecule has 1 aliphatic heterocycles. The van der Waals surface area contributed by atoms with E-state index in [2.05, 4.69) is 4.98 Å². The molecule has 8 heteroatoms. The molecular weight excluding hydrogens is 442 g/mol. The van der Waals surface area contributed by atoms with E-state index in [4.69, 9.17) is 9.84 Å². The first-order valence-electron chi connectivity index (χ1n) is 11.4. The van der Waals surface area contributed by atoms with Crippen molar-refractivity contribution in [1.29, 1.82) is 0 Å². The molecule has 3 heterocycles. The number of nitrogens with zero attached hydrogens (tertiary/aromatic N) is 5. The van der Waals surface area contributed by atoms with Crippen molar-refractivity contribution in [1.82, 2.24) is 24.6 Å². The fourth-order valence-electron chi connectivity index (χ4n) is 4.16. The average Bonchev–Trinajstić information content (AvgIpc) is 3.39. The molecule has 35 heavy (non-hydrogen) atoms. The molecule has 0 bridgehead atoms. The van der Waals surface area contributed by atoms with Gasteiger partial charge in [0.1, 0.15) is 11.4 Å². The molecule has 5 rings (SSSR count). The highest BCUT2D eigenvalue weighted by Crippen LogP contribution is 2.25. The molecule has 0 radical (unpaired) electrons. The summed E-state index contributed by atoms with van der Waals surface area (Å²) in [6, 6.07) is 20.5. The molecule has 0 unspecified atom stereocenters. The number of hydrogen-bond acceptors (Lipinski definition) is 5. The Hall–Kier alpha value is -4.46. The van der Waals surface area contributed by atoms with E-state index in [0.717, 1.165) is 11.3 Å². The summed E-state index contributed by atoms with van der Waals surface area (Å²) >= 11 is 0. The highest BCUT2D eigenvalue weighted by Gasteiger charge is 2.28. The normalized spacial score (nSPS) is 13.5. The predicted octanol–water partition coefficient (Wildman–Crippen LogP) is 3.54. The van der Waals surface area contributed by atoms with E-state index in [1.54, 1.807) is 64.4 Å². The third-order valence-electron chi connectivity index (χ3n) is 6.09. The van der Waals surface area contributed by atoms with Gasteiger partial charge in [0, 0.05) is 55.9 Å². The maximum atomic E-state index is 13.6. The van der Waals surface area contributed by atoms with Crippen LogP contribution in [-0.4, -0.2) is 69.7 Å². The minimum atomic E-state index is -0.109. The molecule has 2 aromatic heterocycles. The Morgan fingerprint density at radius 2 is 1.51 bits per heavy atom. The molecule has 2 amide bonds. The summed E-state index contributed by atoms with van der Waals surface area (Å²) < 4.78 is 6.89. The molecule has 8 nitrogen and oxygen atoms in total. The van der Waals surface area contributed by atoms with Crippen molar-refractivity contribution in [3.63, 3.8) is 0 Å². The standard InChI is InChI=1S/C27H25N5O3/c1-35-23-11-9-20(10-12-23)26(33)30-14-16-31(17-15-30)27(34)24-19-32(22-7-3-2-4-8-22)29-25(24)21-6-5-13-28-18-21/h2-13,18-19H,14-17H2,1H3. The number of carbonyl (C=O) groups excluding carboxylic acids is 2. The third kappa shape index (κ3) is 4.63. The monoisotopic (exact) mass is 467 g/mol. The van der Waals surface area contributed by atoms with Crippen LogP contribution in [0.4, 0.5) is 0 Å². The fraction of sp³-hybridized carbons (Fsp3) is 0.185. The number of hydrogen-bond donors (Lipinski definition) is 0. The first-order chi connectivity index (χ1) is 17.1. The van der Waals surface area contributed by atoms with Gasteiger partial charge in [-0.15, -0.1) is 0 Å². The number of piperazine rings is 1. The van der Waals surface area contributed by atoms with Crippen LogP contribution >= 0.6 is 0 Å². The number of pyridine rings is 1. The average molecular weight is 468 g/mol. The van der Waals surface area contributed by atoms with Gasteiger partial charge in [-0.2, -0.15) is 5.10 Å². The van der Waals surface area contributed by atoms with Gasteiger partial charge in [-0.25, -0.2) is 4.68 Å². The first-order valence-corrected chi connectivity index (χ1v) is 11.4. The maximum Gasteiger partial charge on any atom is 0.257 e. The van der Waals surface area contributed by atoms with Gasteiger partial charge in [0.2, 0.25) is 0 Å². The molecular formula is C27H25N5O3. The van der Waals surface area contributed by atoms with Crippen LogP contribution in [0, 0.1) is 0 Å². The minimum absolute atomic E-state index is 0.0484. The third-order valence-corrected chi connectivity index (χ3v) is 6.09. The topological polar surface area (TPSA) is 80.6 Å². The summed E-state index contributed by atoms with van der Waals surface area (Å²) in [6.07, 6.45) is 5.17. The van der Waals surface area contributed by atoms with E-state index < -0.39 is 0 Å². The number of methoxy groups -OCH3 is 1. The van der Waals surface area contributed by atoms with Gasteiger partial charge in [-0.3, -0.25) is 14.6 Å². The van der Waals surface area contributed by atoms with Crippen molar-refractivity contribution in [3.8, 4) is 22.7 Å². The molecule has 0 aliphatic carbocycles.